The fraction of sp³-hybridized carbons (Fsp3) is 0.350. The van der Waals surface area contributed by atoms with Crippen LogP contribution in [0.2, 0.25) is 0 Å². The van der Waals surface area contributed by atoms with Gasteiger partial charge < -0.3 is 10.1 Å². The SMILES string of the molecule is COCc1ccccc1CNC(=O)CSc1ccc2c(c1)CCC2. The van der Waals surface area contributed by atoms with Crippen LogP contribution in [-0.2, 0) is 35.5 Å². The van der Waals surface area contributed by atoms with Crippen molar-refractivity contribution in [3.05, 3.63) is 64.7 Å². The average molecular weight is 341 g/mol. The maximum absolute atomic E-state index is 12.1. The molecule has 4 heteroatoms. The second-order valence-corrected chi connectivity index (χ2v) is 7.10. The molecule has 0 spiro atoms. The van der Waals surface area contributed by atoms with E-state index in [1.807, 2.05) is 24.3 Å². The molecule has 0 aromatic heterocycles. The first-order valence-electron chi connectivity index (χ1n) is 8.33. The number of amides is 1. The second-order valence-electron chi connectivity index (χ2n) is 6.05. The number of methoxy groups -OCH3 is 1. The molecule has 1 aliphatic carbocycles. The first-order chi connectivity index (χ1) is 11.8. The molecule has 3 rings (SSSR count). The van der Waals surface area contributed by atoms with Crippen LogP contribution in [0.25, 0.3) is 0 Å². The van der Waals surface area contributed by atoms with E-state index in [0.29, 0.717) is 18.9 Å². The highest BCUT2D eigenvalue weighted by Crippen LogP contribution is 2.27. The maximum atomic E-state index is 12.1. The first kappa shape index (κ1) is 17.1. The average Bonchev–Trinajstić information content (AvgIpc) is 3.07. The van der Waals surface area contributed by atoms with Crippen molar-refractivity contribution in [1.29, 1.82) is 0 Å². The van der Waals surface area contributed by atoms with Crippen molar-refractivity contribution < 1.29 is 9.53 Å². The zero-order valence-corrected chi connectivity index (χ0v) is 14.8. The quantitative estimate of drug-likeness (QED) is 0.780. The minimum absolute atomic E-state index is 0.0627. The summed E-state index contributed by atoms with van der Waals surface area (Å²) in [5, 5.41) is 3.01. The smallest absolute Gasteiger partial charge is 0.230 e. The van der Waals surface area contributed by atoms with Crippen LogP contribution in [0.3, 0.4) is 0 Å². The number of thioether (sulfide) groups is 1. The number of carbonyl (C=O) groups excluding carboxylic acids is 1. The molecule has 1 aliphatic rings. The molecule has 0 aliphatic heterocycles. The van der Waals surface area contributed by atoms with Crippen LogP contribution < -0.4 is 5.32 Å². The normalized spacial score (nSPS) is 12.9. The van der Waals surface area contributed by atoms with Crippen molar-refractivity contribution in [3.63, 3.8) is 0 Å². The summed E-state index contributed by atoms with van der Waals surface area (Å²) in [6, 6.07) is 14.6. The number of aryl methyl sites for hydroxylation is 2. The molecule has 3 nitrogen and oxygen atoms in total. The Bertz CT molecular complexity index is 715. The number of hydrogen-bond acceptors (Lipinski definition) is 3. The van der Waals surface area contributed by atoms with Gasteiger partial charge in [-0.2, -0.15) is 0 Å². The molecular weight excluding hydrogens is 318 g/mol. The van der Waals surface area contributed by atoms with E-state index < -0.39 is 0 Å². The Hall–Kier alpha value is -1.78. The van der Waals surface area contributed by atoms with Crippen molar-refractivity contribution in [2.24, 2.45) is 0 Å². The van der Waals surface area contributed by atoms with Crippen LogP contribution in [0.4, 0.5) is 0 Å². The predicted octanol–water partition coefficient (Wildman–Crippen LogP) is 3.73. The molecule has 0 fully saturated rings. The summed E-state index contributed by atoms with van der Waals surface area (Å²) in [6.45, 7) is 1.11. The number of hydrogen-bond donors (Lipinski definition) is 1. The Morgan fingerprint density at radius 3 is 2.75 bits per heavy atom. The van der Waals surface area contributed by atoms with Gasteiger partial charge in [0.15, 0.2) is 0 Å². The van der Waals surface area contributed by atoms with Crippen LogP contribution in [0.5, 0.6) is 0 Å². The van der Waals surface area contributed by atoms with Gasteiger partial charge in [-0.3, -0.25) is 4.79 Å². The lowest BCUT2D eigenvalue weighted by Gasteiger charge is -2.10. The Balaban J connectivity index is 1.49. The van der Waals surface area contributed by atoms with Gasteiger partial charge in [0.25, 0.3) is 0 Å². The highest BCUT2D eigenvalue weighted by Gasteiger charge is 2.12. The molecule has 0 bridgehead atoms. The fourth-order valence-electron chi connectivity index (χ4n) is 3.06. The molecule has 1 N–H and O–H groups in total. The molecular formula is C20H23NO2S. The summed E-state index contributed by atoms with van der Waals surface area (Å²) in [5.41, 5.74) is 5.15. The van der Waals surface area contributed by atoms with E-state index in [4.69, 9.17) is 4.74 Å². The van der Waals surface area contributed by atoms with Gasteiger partial charge >= 0.3 is 0 Å². The van der Waals surface area contributed by atoms with E-state index in [9.17, 15) is 4.79 Å². The largest absolute Gasteiger partial charge is 0.380 e. The Morgan fingerprint density at radius 2 is 1.92 bits per heavy atom. The van der Waals surface area contributed by atoms with Gasteiger partial charge in [-0.15, -0.1) is 11.8 Å². The number of carbonyl (C=O) groups is 1. The standard InChI is InChI=1S/C20H23NO2S/c1-23-13-18-6-3-2-5-17(18)12-21-20(22)14-24-19-10-9-15-7-4-8-16(15)11-19/h2-3,5-6,9-11H,4,7-8,12-14H2,1H3,(H,21,22). The molecule has 0 saturated heterocycles. The lowest BCUT2D eigenvalue weighted by atomic mass is 10.1. The summed E-state index contributed by atoms with van der Waals surface area (Å²) < 4.78 is 5.20. The van der Waals surface area contributed by atoms with Gasteiger partial charge in [0.1, 0.15) is 0 Å². The molecule has 0 saturated carbocycles. The fourth-order valence-corrected chi connectivity index (χ4v) is 3.85. The Labute approximate surface area is 147 Å². The van der Waals surface area contributed by atoms with Crippen LogP contribution in [0.1, 0.15) is 28.7 Å². The molecule has 24 heavy (non-hydrogen) atoms. The summed E-state index contributed by atoms with van der Waals surface area (Å²) in [7, 11) is 1.68. The van der Waals surface area contributed by atoms with E-state index in [1.54, 1.807) is 18.9 Å². The van der Waals surface area contributed by atoms with Crippen LogP contribution >= 0.6 is 11.8 Å². The third-order valence-corrected chi connectivity index (χ3v) is 5.33. The van der Waals surface area contributed by atoms with Crippen molar-refractivity contribution in [2.45, 2.75) is 37.3 Å². The first-order valence-corrected chi connectivity index (χ1v) is 9.32. The van der Waals surface area contributed by atoms with E-state index >= 15 is 0 Å². The number of ether oxygens (including phenoxy) is 1. The van der Waals surface area contributed by atoms with Crippen molar-refractivity contribution in [3.8, 4) is 0 Å². The highest BCUT2D eigenvalue weighted by atomic mass is 32.2. The highest BCUT2D eigenvalue weighted by molar-refractivity contribution is 8.00. The molecule has 126 valence electrons. The summed E-state index contributed by atoms with van der Waals surface area (Å²) in [5.74, 6) is 0.512. The number of benzene rings is 2. The molecule has 0 atom stereocenters. The molecule has 0 unspecified atom stereocenters. The second kappa shape index (κ2) is 8.36. The van der Waals surface area contributed by atoms with Gasteiger partial charge in [0.05, 0.1) is 12.4 Å². The minimum atomic E-state index is 0.0627. The minimum Gasteiger partial charge on any atom is -0.380 e. The molecule has 2 aromatic carbocycles. The monoisotopic (exact) mass is 341 g/mol. The van der Waals surface area contributed by atoms with Gasteiger partial charge in [0.2, 0.25) is 5.91 Å². The zero-order valence-electron chi connectivity index (χ0n) is 14.0. The van der Waals surface area contributed by atoms with Gasteiger partial charge in [0, 0.05) is 18.6 Å². The Morgan fingerprint density at radius 1 is 1.12 bits per heavy atom. The maximum Gasteiger partial charge on any atom is 0.230 e. The molecule has 1 amide bonds. The molecule has 0 heterocycles. The van der Waals surface area contributed by atoms with Gasteiger partial charge in [-0.05, 0) is 53.6 Å². The lowest BCUT2D eigenvalue weighted by molar-refractivity contribution is -0.118. The topological polar surface area (TPSA) is 38.3 Å². The van der Waals surface area contributed by atoms with Crippen LogP contribution in [-0.4, -0.2) is 18.8 Å². The molecule has 2 aromatic rings. The van der Waals surface area contributed by atoms with E-state index in [2.05, 4.69) is 23.5 Å². The number of fused-ring (bicyclic) bond motifs is 1. The zero-order chi connectivity index (χ0) is 16.8. The summed E-state index contributed by atoms with van der Waals surface area (Å²) >= 11 is 1.61. The van der Waals surface area contributed by atoms with E-state index in [-0.39, 0.29) is 5.91 Å². The van der Waals surface area contributed by atoms with E-state index in [1.165, 1.54) is 35.3 Å². The molecule has 0 radical (unpaired) electrons. The third kappa shape index (κ3) is 4.40. The van der Waals surface area contributed by atoms with Crippen LogP contribution in [0.15, 0.2) is 47.4 Å². The lowest BCUT2D eigenvalue weighted by Crippen LogP contribution is -2.25. The van der Waals surface area contributed by atoms with Crippen molar-refractivity contribution in [1.82, 2.24) is 5.32 Å². The summed E-state index contributed by atoms with van der Waals surface area (Å²) in [4.78, 5) is 13.3. The third-order valence-electron chi connectivity index (χ3n) is 4.33. The van der Waals surface area contributed by atoms with E-state index in [0.717, 1.165) is 11.1 Å². The van der Waals surface area contributed by atoms with Crippen LogP contribution in [0, 0.1) is 0 Å². The number of nitrogens with one attached hydrogen (secondary N) is 1. The van der Waals surface area contributed by atoms with Gasteiger partial charge in [-0.25, -0.2) is 0 Å². The summed E-state index contributed by atoms with van der Waals surface area (Å²) in [6.07, 6.45) is 3.62. The van der Waals surface area contributed by atoms with Crippen molar-refractivity contribution >= 4 is 17.7 Å². The Kier molecular flexibility index (Phi) is 5.94. The predicted molar refractivity (Wildman–Crippen MR) is 98.2 cm³/mol. The van der Waals surface area contributed by atoms with Crippen molar-refractivity contribution in [2.75, 3.05) is 12.9 Å². The van der Waals surface area contributed by atoms with Gasteiger partial charge in [-0.1, -0.05) is 30.3 Å². The number of rotatable bonds is 7.